The summed E-state index contributed by atoms with van der Waals surface area (Å²) in [5, 5.41) is 0. The maximum Gasteiger partial charge on any atom is 0.0259 e. The average Bonchev–Trinajstić information content (AvgIpc) is 2.17. The SMILES string of the molecule is CN1Cc2cccc(Br)c2CC1CN. The quantitative estimate of drug-likeness (QED) is 0.828. The third kappa shape index (κ3) is 1.72. The Morgan fingerprint density at radius 3 is 3.07 bits per heavy atom. The predicted molar refractivity (Wildman–Crippen MR) is 62.2 cm³/mol. The van der Waals surface area contributed by atoms with Crippen molar-refractivity contribution in [1.82, 2.24) is 4.90 Å². The van der Waals surface area contributed by atoms with Gasteiger partial charge in [-0.2, -0.15) is 0 Å². The molecule has 1 heterocycles. The number of nitrogens with two attached hydrogens (primary N) is 1. The van der Waals surface area contributed by atoms with Gasteiger partial charge in [-0.05, 0) is 30.7 Å². The van der Waals surface area contributed by atoms with Crippen molar-refractivity contribution in [3.05, 3.63) is 33.8 Å². The number of hydrogen-bond donors (Lipinski definition) is 1. The van der Waals surface area contributed by atoms with Gasteiger partial charge >= 0.3 is 0 Å². The first-order chi connectivity index (χ1) is 6.72. The van der Waals surface area contributed by atoms with Crippen LogP contribution in [0.3, 0.4) is 0 Å². The lowest BCUT2D eigenvalue weighted by Gasteiger charge is -2.33. The summed E-state index contributed by atoms with van der Waals surface area (Å²) in [6, 6.07) is 6.89. The van der Waals surface area contributed by atoms with E-state index in [1.54, 1.807) is 0 Å². The molecule has 0 aliphatic carbocycles. The van der Waals surface area contributed by atoms with Crippen molar-refractivity contribution in [1.29, 1.82) is 0 Å². The molecule has 0 bridgehead atoms. The molecular formula is C11H15BrN2. The molecule has 14 heavy (non-hydrogen) atoms. The summed E-state index contributed by atoms with van der Waals surface area (Å²) in [4.78, 5) is 2.33. The number of fused-ring (bicyclic) bond motifs is 1. The fourth-order valence-electron chi connectivity index (χ4n) is 2.03. The molecule has 76 valence electrons. The van der Waals surface area contributed by atoms with Crippen LogP contribution in [0.1, 0.15) is 11.1 Å². The summed E-state index contributed by atoms with van der Waals surface area (Å²) < 4.78 is 1.22. The van der Waals surface area contributed by atoms with Crippen LogP contribution >= 0.6 is 15.9 Å². The second kappa shape index (κ2) is 4.01. The van der Waals surface area contributed by atoms with Gasteiger partial charge < -0.3 is 5.73 Å². The Hall–Kier alpha value is -0.380. The van der Waals surface area contributed by atoms with Crippen molar-refractivity contribution in [3.63, 3.8) is 0 Å². The molecule has 0 spiro atoms. The number of hydrogen-bond acceptors (Lipinski definition) is 2. The number of benzene rings is 1. The van der Waals surface area contributed by atoms with E-state index in [0.29, 0.717) is 6.04 Å². The summed E-state index contributed by atoms with van der Waals surface area (Å²) in [7, 11) is 2.14. The van der Waals surface area contributed by atoms with Crippen LogP contribution in [-0.4, -0.2) is 24.5 Å². The number of halogens is 1. The van der Waals surface area contributed by atoms with Crippen LogP contribution in [-0.2, 0) is 13.0 Å². The van der Waals surface area contributed by atoms with Gasteiger partial charge in [0.1, 0.15) is 0 Å². The molecule has 1 aliphatic rings. The molecular weight excluding hydrogens is 240 g/mol. The summed E-state index contributed by atoms with van der Waals surface area (Å²) in [6.45, 7) is 1.74. The van der Waals surface area contributed by atoms with Crippen LogP contribution in [0.2, 0.25) is 0 Å². The Balaban J connectivity index is 2.36. The first-order valence-electron chi connectivity index (χ1n) is 4.89. The summed E-state index contributed by atoms with van der Waals surface area (Å²) >= 11 is 3.60. The van der Waals surface area contributed by atoms with E-state index < -0.39 is 0 Å². The van der Waals surface area contributed by atoms with E-state index in [1.165, 1.54) is 15.6 Å². The minimum Gasteiger partial charge on any atom is -0.329 e. The molecule has 0 saturated carbocycles. The largest absolute Gasteiger partial charge is 0.329 e. The third-order valence-corrected chi connectivity index (χ3v) is 3.71. The van der Waals surface area contributed by atoms with E-state index in [4.69, 9.17) is 5.73 Å². The number of rotatable bonds is 1. The fraction of sp³-hybridized carbons (Fsp3) is 0.455. The molecule has 1 unspecified atom stereocenters. The maximum atomic E-state index is 5.74. The highest BCUT2D eigenvalue weighted by Crippen LogP contribution is 2.28. The van der Waals surface area contributed by atoms with Gasteiger partial charge in [0, 0.05) is 23.6 Å². The number of likely N-dealkylation sites (N-methyl/N-ethyl adjacent to an activating group) is 1. The van der Waals surface area contributed by atoms with Gasteiger partial charge in [-0.15, -0.1) is 0 Å². The first kappa shape index (κ1) is 10.1. The third-order valence-electron chi connectivity index (χ3n) is 2.97. The zero-order valence-corrected chi connectivity index (χ0v) is 9.92. The van der Waals surface area contributed by atoms with Crippen LogP contribution in [0, 0.1) is 0 Å². The van der Waals surface area contributed by atoms with Crippen LogP contribution in [0.5, 0.6) is 0 Å². The molecule has 0 fully saturated rings. The van der Waals surface area contributed by atoms with Gasteiger partial charge in [0.15, 0.2) is 0 Å². The molecule has 1 aromatic rings. The van der Waals surface area contributed by atoms with Crippen molar-refractivity contribution in [2.75, 3.05) is 13.6 Å². The highest BCUT2D eigenvalue weighted by atomic mass is 79.9. The first-order valence-corrected chi connectivity index (χ1v) is 5.68. The van der Waals surface area contributed by atoms with Gasteiger partial charge in [-0.3, -0.25) is 4.90 Å². The Morgan fingerprint density at radius 1 is 1.57 bits per heavy atom. The summed E-state index contributed by atoms with van der Waals surface area (Å²) in [6.07, 6.45) is 1.06. The Bertz CT molecular complexity index is 338. The van der Waals surface area contributed by atoms with Crippen molar-refractivity contribution in [2.45, 2.75) is 19.0 Å². The highest BCUT2D eigenvalue weighted by Gasteiger charge is 2.23. The normalized spacial score (nSPS) is 22.1. The Labute approximate surface area is 93.2 Å². The van der Waals surface area contributed by atoms with E-state index in [2.05, 4.69) is 46.1 Å². The molecule has 0 aromatic heterocycles. The zero-order valence-electron chi connectivity index (χ0n) is 8.33. The van der Waals surface area contributed by atoms with E-state index in [0.717, 1.165) is 19.5 Å². The van der Waals surface area contributed by atoms with E-state index in [-0.39, 0.29) is 0 Å². The fourth-order valence-corrected chi connectivity index (χ4v) is 2.60. The van der Waals surface area contributed by atoms with Crippen LogP contribution in [0.25, 0.3) is 0 Å². The van der Waals surface area contributed by atoms with Crippen molar-refractivity contribution >= 4 is 15.9 Å². The van der Waals surface area contributed by atoms with Gasteiger partial charge in [0.25, 0.3) is 0 Å². The second-order valence-electron chi connectivity index (χ2n) is 3.89. The second-order valence-corrected chi connectivity index (χ2v) is 4.74. The maximum absolute atomic E-state index is 5.74. The van der Waals surface area contributed by atoms with Gasteiger partial charge in [-0.1, -0.05) is 28.1 Å². The van der Waals surface area contributed by atoms with Crippen molar-refractivity contribution in [3.8, 4) is 0 Å². The standard InChI is InChI=1S/C11H15BrN2/c1-14-7-8-3-2-4-11(12)10(8)5-9(14)6-13/h2-4,9H,5-7,13H2,1H3. The lowest BCUT2D eigenvalue weighted by atomic mass is 9.94. The van der Waals surface area contributed by atoms with Gasteiger partial charge in [-0.25, -0.2) is 0 Å². The monoisotopic (exact) mass is 254 g/mol. The average molecular weight is 255 g/mol. The van der Waals surface area contributed by atoms with Crippen molar-refractivity contribution in [2.24, 2.45) is 5.73 Å². The Kier molecular flexibility index (Phi) is 2.91. The lowest BCUT2D eigenvalue weighted by molar-refractivity contribution is 0.220. The molecule has 0 radical (unpaired) electrons. The van der Waals surface area contributed by atoms with Crippen molar-refractivity contribution < 1.29 is 0 Å². The molecule has 1 atom stereocenters. The smallest absolute Gasteiger partial charge is 0.0259 e. The molecule has 0 amide bonds. The van der Waals surface area contributed by atoms with E-state index in [9.17, 15) is 0 Å². The predicted octanol–water partition coefficient (Wildman–Crippen LogP) is 1.76. The zero-order chi connectivity index (χ0) is 10.1. The molecule has 2 nitrogen and oxygen atoms in total. The van der Waals surface area contributed by atoms with Crippen LogP contribution in [0.15, 0.2) is 22.7 Å². The molecule has 1 aromatic carbocycles. The topological polar surface area (TPSA) is 29.3 Å². The van der Waals surface area contributed by atoms with Gasteiger partial charge in [0.05, 0.1) is 0 Å². The minimum absolute atomic E-state index is 0.487. The highest BCUT2D eigenvalue weighted by molar-refractivity contribution is 9.10. The minimum atomic E-state index is 0.487. The molecule has 3 heteroatoms. The Morgan fingerprint density at radius 2 is 2.36 bits per heavy atom. The lowest BCUT2D eigenvalue weighted by Crippen LogP contribution is -2.42. The van der Waals surface area contributed by atoms with Crippen LogP contribution in [0.4, 0.5) is 0 Å². The van der Waals surface area contributed by atoms with Gasteiger partial charge in [0.2, 0.25) is 0 Å². The van der Waals surface area contributed by atoms with Crippen LogP contribution < -0.4 is 5.73 Å². The summed E-state index contributed by atoms with van der Waals surface area (Å²) in [5.74, 6) is 0. The van der Waals surface area contributed by atoms with E-state index in [1.807, 2.05) is 0 Å². The molecule has 0 saturated heterocycles. The molecule has 2 rings (SSSR count). The summed E-state index contributed by atoms with van der Waals surface area (Å²) in [5.41, 5.74) is 8.60. The molecule has 2 N–H and O–H groups in total. The molecule has 1 aliphatic heterocycles. The van der Waals surface area contributed by atoms with E-state index >= 15 is 0 Å². The number of nitrogens with zero attached hydrogens (tertiary/aromatic N) is 1.